The van der Waals surface area contributed by atoms with Gasteiger partial charge in [-0.2, -0.15) is 0 Å². The zero-order valence-corrected chi connectivity index (χ0v) is 18.1. The van der Waals surface area contributed by atoms with Crippen LogP contribution in [0.3, 0.4) is 0 Å². The molecular formula is C25H34ClFO. The van der Waals surface area contributed by atoms with E-state index in [0.29, 0.717) is 5.75 Å². The van der Waals surface area contributed by atoms with Crippen LogP contribution in [0, 0.1) is 35.9 Å². The molecule has 3 heteroatoms. The summed E-state index contributed by atoms with van der Waals surface area (Å²) >= 11 is 6.24. The molecule has 0 N–H and O–H groups in total. The largest absolute Gasteiger partial charge is 0.476 e. The van der Waals surface area contributed by atoms with Gasteiger partial charge in [-0.25, -0.2) is 4.39 Å². The first-order valence-electron chi connectivity index (χ1n) is 11.1. The number of halogens is 2. The van der Waals surface area contributed by atoms with E-state index in [0.717, 1.165) is 36.2 Å². The fourth-order valence-corrected chi connectivity index (χ4v) is 5.65. The van der Waals surface area contributed by atoms with E-state index in [1.165, 1.54) is 51.4 Å². The number of hydrogen-bond acceptors (Lipinski definition) is 1. The Kier molecular flexibility index (Phi) is 7.69. The molecule has 1 nitrogen and oxygen atoms in total. The predicted octanol–water partition coefficient (Wildman–Crippen LogP) is 7.76. The van der Waals surface area contributed by atoms with Gasteiger partial charge < -0.3 is 4.74 Å². The van der Waals surface area contributed by atoms with Gasteiger partial charge in [0.2, 0.25) is 0 Å². The normalized spacial score (nSPS) is 29.1. The molecule has 2 aliphatic carbocycles. The summed E-state index contributed by atoms with van der Waals surface area (Å²) in [7, 11) is 0. The van der Waals surface area contributed by atoms with Gasteiger partial charge in [-0.3, -0.25) is 0 Å². The summed E-state index contributed by atoms with van der Waals surface area (Å²) in [5.41, 5.74) is 0.746. The summed E-state index contributed by atoms with van der Waals surface area (Å²) in [6, 6.07) is 3.62. The summed E-state index contributed by atoms with van der Waals surface area (Å²) < 4.78 is 20.4. The van der Waals surface area contributed by atoms with Crippen molar-refractivity contribution >= 4 is 11.6 Å². The van der Waals surface area contributed by atoms with Gasteiger partial charge in [0.05, 0.1) is 0 Å². The maximum atomic E-state index is 14.9. The van der Waals surface area contributed by atoms with Crippen molar-refractivity contribution in [3.05, 3.63) is 28.5 Å². The second-order valence-corrected chi connectivity index (χ2v) is 9.27. The van der Waals surface area contributed by atoms with Crippen molar-refractivity contribution in [2.45, 2.75) is 90.1 Å². The topological polar surface area (TPSA) is 9.23 Å². The van der Waals surface area contributed by atoms with Crippen molar-refractivity contribution in [2.75, 3.05) is 0 Å². The zero-order valence-electron chi connectivity index (χ0n) is 17.4. The zero-order chi connectivity index (χ0) is 20.1. The highest BCUT2D eigenvalue weighted by Gasteiger charge is 2.32. The lowest BCUT2D eigenvalue weighted by Crippen LogP contribution is -2.25. The van der Waals surface area contributed by atoms with E-state index < -0.39 is 6.10 Å². The molecule has 2 fully saturated rings. The van der Waals surface area contributed by atoms with Crippen LogP contribution in [0.15, 0.2) is 12.1 Å². The Labute approximate surface area is 175 Å². The Balaban J connectivity index is 1.56. The van der Waals surface area contributed by atoms with Crippen molar-refractivity contribution in [3.63, 3.8) is 0 Å². The molecule has 154 valence electrons. The Morgan fingerprint density at radius 1 is 1.11 bits per heavy atom. The minimum Gasteiger partial charge on any atom is -0.476 e. The molecule has 0 saturated heterocycles. The molecular weight excluding hydrogens is 371 g/mol. The smallest absolute Gasteiger partial charge is 0.156 e. The van der Waals surface area contributed by atoms with E-state index in [1.807, 2.05) is 6.07 Å². The van der Waals surface area contributed by atoms with Crippen LogP contribution >= 0.6 is 11.6 Å². The molecule has 0 aromatic heterocycles. The van der Waals surface area contributed by atoms with E-state index in [9.17, 15) is 4.39 Å². The van der Waals surface area contributed by atoms with E-state index in [1.54, 1.807) is 13.0 Å². The molecule has 0 heterocycles. The van der Waals surface area contributed by atoms with Gasteiger partial charge in [-0.15, -0.1) is 6.42 Å². The van der Waals surface area contributed by atoms with Gasteiger partial charge in [0.15, 0.2) is 6.10 Å². The standard InChI is InChI=1S/C25H34ClFO/c1-4-6-18-7-9-19(10-8-18)20-11-13-21(14-12-20)22-15-16-23(24(26)25(22)27)28-17(3)5-2/h2,15-21H,4,6-14H2,1,3H3. The maximum absolute atomic E-state index is 14.9. The molecule has 0 bridgehead atoms. The van der Waals surface area contributed by atoms with Crippen LogP contribution in [0.4, 0.5) is 4.39 Å². The molecule has 28 heavy (non-hydrogen) atoms. The van der Waals surface area contributed by atoms with Gasteiger partial charge in [-0.1, -0.05) is 56.2 Å². The monoisotopic (exact) mass is 404 g/mol. The minimum atomic E-state index is -0.425. The first-order valence-corrected chi connectivity index (χ1v) is 11.5. The number of benzene rings is 1. The van der Waals surface area contributed by atoms with Crippen molar-refractivity contribution in [1.29, 1.82) is 0 Å². The second-order valence-electron chi connectivity index (χ2n) is 8.89. The first kappa shape index (κ1) is 21.5. The molecule has 1 aromatic carbocycles. The van der Waals surface area contributed by atoms with E-state index >= 15 is 0 Å². The van der Waals surface area contributed by atoms with E-state index in [2.05, 4.69) is 12.8 Å². The van der Waals surface area contributed by atoms with Crippen LogP contribution in [0.25, 0.3) is 0 Å². The van der Waals surface area contributed by atoms with Crippen molar-refractivity contribution in [1.82, 2.24) is 0 Å². The fraction of sp³-hybridized carbons (Fsp3) is 0.680. The van der Waals surface area contributed by atoms with Crippen LogP contribution in [0.1, 0.15) is 89.5 Å². The molecule has 0 spiro atoms. The average Bonchev–Trinajstić information content (AvgIpc) is 2.72. The maximum Gasteiger partial charge on any atom is 0.156 e. The van der Waals surface area contributed by atoms with E-state index in [-0.39, 0.29) is 16.8 Å². The Bertz CT molecular complexity index is 679. The fourth-order valence-electron chi connectivity index (χ4n) is 5.44. The van der Waals surface area contributed by atoms with Crippen LogP contribution in [0.5, 0.6) is 5.75 Å². The van der Waals surface area contributed by atoms with Gasteiger partial charge in [-0.05, 0) is 80.8 Å². The Morgan fingerprint density at radius 3 is 2.29 bits per heavy atom. The molecule has 3 rings (SSSR count). The molecule has 0 radical (unpaired) electrons. The van der Waals surface area contributed by atoms with Crippen molar-refractivity contribution in [3.8, 4) is 18.1 Å². The number of ether oxygens (including phenoxy) is 1. The Hall–Kier alpha value is -1.20. The van der Waals surface area contributed by atoms with Crippen LogP contribution in [0.2, 0.25) is 5.02 Å². The van der Waals surface area contributed by atoms with E-state index in [4.69, 9.17) is 22.8 Å². The van der Waals surface area contributed by atoms with Crippen LogP contribution in [-0.4, -0.2) is 6.10 Å². The first-order chi connectivity index (χ1) is 13.5. The average molecular weight is 405 g/mol. The summed E-state index contributed by atoms with van der Waals surface area (Å²) in [5, 5.41) is 0.0657. The molecule has 2 saturated carbocycles. The van der Waals surface area contributed by atoms with Gasteiger partial charge in [0.1, 0.15) is 16.6 Å². The molecule has 2 aliphatic rings. The number of hydrogen-bond donors (Lipinski definition) is 0. The minimum absolute atomic E-state index is 0.0657. The van der Waals surface area contributed by atoms with Crippen LogP contribution < -0.4 is 4.74 Å². The highest BCUT2D eigenvalue weighted by Crippen LogP contribution is 2.46. The number of rotatable bonds is 6. The predicted molar refractivity (Wildman–Crippen MR) is 115 cm³/mol. The third-order valence-electron chi connectivity index (χ3n) is 7.08. The van der Waals surface area contributed by atoms with Crippen LogP contribution in [-0.2, 0) is 0 Å². The highest BCUT2D eigenvalue weighted by atomic mass is 35.5. The highest BCUT2D eigenvalue weighted by molar-refractivity contribution is 6.32. The molecule has 0 amide bonds. The lowest BCUT2D eigenvalue weighted by atomic mass is 9.68. The SMILES string of the molecule is C#CC(C)Oc1ccc(C2CCC(C3CCC(CCC)CC3)CC2)c(F)c1Cl. The summed E-state index contributed by atoms with van der Waals surface area (Å²) in [6.45, 7) is 4.05. The van der Waals surface area contributed by atoms with Crippen molar-refractivity contribution < 1.29 is 9.13 Å². The molecule has 1 atom stereocenters. The van der Waals surface area contributed by atoms with Gasteiger partial charge in [0.25, 0.3) is 0 Å². The third-order valence-corrected chi connectivity index (χ3v) is 7.43. The molecule has 1 aromatic rings. The molecule has 0 aliphatic heterocycles. The number of terminal acetylenes is 1. The van der Waals surface area contributed by atoms with Gasteiger partial charge in [0, 0.05) is 0 Å². The van der Waals surface area contributed by atoms with Gasteiger partial charge >= 0.3 is 0 Å². The lowest BCUT2D eigenvalue weighted by molar-refractivity contribution is 0.156. The second kappa shape index (κ2) is 10.0. The Morgan fingerprint density at radius 2 is 1.71 bits per heavy atom. The lowest BCUT2D eigenvalue weighted by Gasteiger charge is -2.38. The summed E-state index contributed by atoms with van der Waals surface area (Å²) in [6.07, 6.45) is 17.8. The molecule has 1 unspecified atom stereocenters. The summed E-state index contributed by atoms with van der Waals surface area (Å²) in [4.78, 5) is 0. The summed E-state index contributed by atoms with van der Waals surface area (Å²) in [5.74, 6) is 5.45. The van der Waals surface area contributed by atoms with Crippen molar-refractivity contribution in [2.24, 2.45) is 17.8 Å². The third kappa shape index (κ3) is 5.04. The quantitative estimate of drug-likeness (QED) is 0.440.